The number of hydrogen-bond donors (Lipinski definition) is 1. The maximum atomic E-state index is 13.4. The van der Waals surface area contributed by atoms with Crippen LogP contribution in [0.2, 0.25) is 0 Å². The highest BCUT2D eigenvalue weighted by Crippen LogP contribution is 2.35. The highest BCUT2D eigenvalue weighted by Gasteiger charge is 2.35. The van der Waals surface area contributed by atoms with Crippen molar-refractivity contribution in [3.8, 4) is 0 Å². The van der Waals surface area contributed by atoms with Gasteiger partial charge in [0, 0.05) is 55.9 Å². The number of sulfonamides is 1. The second kappa shape index (κ2) is 11.2. The number of alkyl halides is 3. The van der Waals surface area contributed by atoms with Gasteiger partial charge in [-0.2, -0.15) is 13.2 Å². The van der Waals surface area contributed by atoms with Crippen molar-refractivity contribution >= 4 is 21.6 Å². The molecule has 1 saturated heterocycles. The van der Waals surface area contributed by atoms with E-state index in [0.717, 1.165) is 43.2 Å². The molecule has 1 N–H and O–H groups in total. The van der Waals surface area contributed by atoms with Crippen LogP contribution in [0.5, 0.6) is 0 Å². The summed E-state index contributed by atoms with van der Waals surface area (Å²) in [4.78, 5) is 21.5. The van der Waals surface area contributed by atoms with Crippen molar-refractivity contribution in [1.82, 2.24) is 14.6 Å². The summed E-state index contributed by atoms with van der Waals surface area (Å²) in [6, 6.07) is 13.4. The Balaban J connectivity index is 1.26. The highest BCUT2D eigenvalue weighted by molar-refractivity contribution is 7.88. The summed E-state index contributed by atoms with van der Waals surface area (Å²) in [5.41, 5.74) is 1.92. The van der Waals surface area contributed by atoms with Gasteiger partial charge in [-0.05, 0) is 72.7 Å². The zero-order chi connectivity index (χ0) is 28.5. The van der Waals surface area contributed by atoms with Gasteiger partial charge in [-0.1, -0.05) is 24.3 Å². The Labute approximate surface area is 232 Å². The molecular weight excluding hydrogens is 541 g/mol. The van der Waals surface area contributed by atoms with Gasteiger partial charge in [0.05, 0.1) is 11.3 Å². The zero-order valence-electron chi connectivity index (χ0n) is 22.1. The molecule has 1 fully saturated rings. The van der Waals surface area contributed by atoms with Crippen LogP contribution in [-0.4, -0.2) is 50.4 Å². The lowest BCUT2D eigenvalue weighted by molar-refractivity contribution is -0.138. The standard InChI is InChI=1S/C29H31F3N4O3S/c1-35(23-12-16-36(17-13-23)24-10-14-33-15-11-24)28(37)21-7-6-20-8-9-27(25(20)18-21)34-40(38,39)19-22-4-2-3-5-26(22)29(30,31)32/h2-7,10-11,14-15,18,23,27,34H,8-9,12-13,16-17,19H2,1H3. The minimum absolute atomic E-state index is 0.0712. The van der Waals surface area contributed by atoms with Crippen molar-refractivity contribution < 1.29 is 26.4 Å². The molecule has 2 heterocycles. The lowest BCUT2D eigenvalue weighted by atomic mass is 10.0. The summed E-state index contributed by atoms with van der Waals surface area (Å²) in [5.74, 6) is -0.925. The monoisotopic (exact) mass is 572 g/mol. The maximum absolute atomic E-state index is 13.4. The van der Waals surface area contributed by atoms with Gasteiger partial charge in [0.2, 0.25) is 10.0 Å². The number of fused-ring (bicyclic) bond motifs is 1. The molecule has 0 saturated carbocycles. The lowest BCUT2D eigenvalue weighted by Gasteiger charge is -2.38. The van der Waals surface area contributed by atoms with Gasteiger partial charge in [0.25, 0.3) is 5.91 Å². The minimum Gasteiger partial charge on any atom is -0.371 e. The Morgan fingerprint density at radius 3 is 2.45 bits per heavy atom. The van der Waals surface area contributed by atoms with Crippen molar-refractivity contribution in [3.05, 3.63) is 94.8 Å². The van der Waals surface area contributed by atoms with Crippen molar-refractivity contribution in [1.29, 1.82) is 0 Å². The van der Waals surface area contributed by atoms with E-state index in [-0.39, 0.29) is 17.5 Å². The summed E-state index contributed by atoms with van der Waals surface area (Å²) < 4.78 is 68.6. The van der Waals surface area contributed by atoms with E-state index in [4.69, 9.17) is 0 Å². The number of anilines is 1. The number of nitrogens with one attached hydrogen (secondary N) is 1. The average Bonchev–Trinajstić information content (AvgIpc) is 3.33. The Hall–Kier alpha value is -3.44. The van der Waals surface area contributed by atoms with E-state index in [1.54, 1.807) is 36.5 Å². The number of carbonyl (C=O) groups excluding carboxylic acids is 1. The first-order valence-electron chi connectivity index (χ1n) is 13.2. The molecule has 1 amide bonds. The molecule has 3 aromatic rings. The quantitative estimate of drug-likeness (QED) is 0.434. The number of aromatic nitrogens is 1. The SMILES string of the molecule is CN(C(=O)c1ccc2c(c1)C(NS(=O)(=O)Cc1ccccc1C(F)(F)F)CC2)C1CCN(c2ccncc2)CC1. The van der Waals surface area contributed by atoms with E-state index in [9.17, 15) is 26.4 Å². The molecule has 1 atom stereocenters. The average molecular weight is 573 g/mol. The van der Waals surface area contributed by atoms with Crippen LogP contribution in [-0.2, 0) is 28.4 Å². The molecule has 40 heavy (non-hydrogen) atoms. The predicted molar refractivity (Wildman–Crippen MR) is 146 cm³/mol. The molecule has 1 aliphatic carbocycles. The van der Waals surface area contributed by atoms with E-state index >= 15 is 0 Å². The van der Waals surface area contributed by atoms with Gasteiger partial charge in [-0.15, -0.1) is 0 Å². The summed E-state index contributed by atoms with van der Waals surface area (Å²) in [6.45, 7) is 1.63. The number of rotatable bonds is 7. The van der Waals surface area contributed by atoms with Crippen LogP contribution in [0.15, 0.2) is 67.0 Å². The van der Waals surface area contributed by atoms with E-state index in [0.29, 0.717) is 24.0 Å². The molecule has 0 bridgehead atoms. The summed E-state index contributed by atoms with van der Waals surface area (Å²) in [5, 5.41) is 0. The number of benzene rings is 2. The predicted octanol–water partition coefficient (Wildman–Crippen LogP) is 4.95. The van der Waals surface area contributed by atoms with E-state index in [2.05, 4.69) is 14.6 Å². The van der Waals surface area contributed by atoms with Gasteiger partial charge in [0.15, 0.2) is 0 Å². The van der Waals surface area contributed by atoms with Gasteiger partial charge in [0.1, 0.15) is 0 Å². The summed E-state index contributed by atoms with van der Waals surface area (Å²) >= 11 is 0. The summed E-state index contributed by atoms with van der Waals surface area (Å²) in [6.07, 6.45) is 1.59. The molecule has 1 aliphatic heterocycles. The first kappa shape index (κ1) is 28.1. The van der Waals surface area contributed by atoms with Crippen LogP contribution in [0.1, 0.15) is 57.9 Å². The van der Waals surface area contributed by atoms with Gasteiger partial charge in [-0.3, -0.25) is 9.78 Å². The molecule has 5 rings (SSSR count). The number of pyridine rings is 1. The third-order valence-electron chi connectivity index (χ3n) is 7.82. The molecule has 11 heteroatoms. The van der Waals surface area contributed by atoms with Crippen molar-refractivity contribution in [2.45, 2.75) is 49.7 Å². The Morgan fingerprint density at radius 2 is 1.75 bits per heavy atom. The Bertz CT molecular complexity index is 1470. The first-order valence-corrected chi connectivity index (χ1v) is 14.9. The van der Waals surface area contributed by atoms with Crippen LogP contribution >= 0.6 is 0 Å². The van der Waals surface area contributed by atoms with Crippen LogP contribution in [0.4, 0.5) is 18.9 Å². The van der Waals surface area contributed by atoms with E-state index in [1.165, 1.54) is 18.2 Å². The topological polar surface area (TPSA) is 82.6 Å². The van der Waals surface area contributed by atoms with Gasteiger partial charge >= 0.3 is 6.18 Å². The number of piperidine rings is 1. The maximum Gasteiger partial charge on any atom is 0.416 e. The smallest absolute Gasteiger partial charge is 0.371 e. The molecule has 0 radical (unpaired) electrons. The number of amides is 1. The fraction of sp³-hybridized carbons (Fsp3) is 0.379. The molecule has 212 valence electrons. The van der Waals surface area contributed by atoms with Crippen molar-refractivity contribution in [2.24, 2.45) is 0 Å². The third-order valence-corrected chi connectivity index (χ3v) is 9.16. The molecule has 2 aliphatic rings. The largest absolute Gasteiger partial charge is 0.416 e. The number of nitrogens with zero attached hydrogens (tertiary/aromatic N) is 3. The van der Waals surface area contributed by atoms with Crippen LogP contribution < -0.4 is 9.62 Å². The van der Waals surface area contributed by atoms with E-state index < -0.39 is 33.6 Å². The molecule has 2 aromatic carbocycles. The minimum atomic E-state index is -4.65. The normalized spacial score (nSPS) is 18.0. The van der Waals surface area contributed by atoms with Crippen LogP contribution in [0.25, 0.3) is 0 Å². The second-order valence-electron chi connectivity index (χ2n) is 10.4. The molecule has 7 nitrogen and oxygen atoms in total. The number of halogens is 3. The number of aryl methyl sites for hydroxylation is 1. The van der Waals surface area contributed by atoms with Crippen LogP contribution in [0.3, 0.4) is 0 Å². The second-order valence-corrected chi connectivity index (χ2v) is 12.1. The van der Waals surface area contributed by atoms with Gasteiger partial charge < -0.3 is 9.80 Å². The molecule has 1 unspecified atom stereocenters. The van der Waals surface area contributed by atoms with Gasteiger partial charge in [-0.25, -0.2) is 13.1 Å². The fourth-order valence-corrected chi connectivity index (χ4v) is 7.10. The lowest BCUT2D eigenvalue weighted by Crippen LogP contribution is -2.45. The summed E-state index contributed by atoms with van der Waals surface area (Å²) in [7, 11) is -2.30. The molecule has 1 aromatic heterocycles. The number of carbonyl (C=O) groups is 1. The number of hydrogen-bond acceptors (Lipinski definition) is 5. The van der Waals surface area contributed by atoms with Crippen molar-refractivity contribution in [3.63, 3.8) is 0 Å². The van der Waals surface area contributed by atoms with Crippen LogP contribution in [0, 0.1) is 0 Å². The molecular formula is C29H31F3N4O3S. The van der Waals surface area contributed by atoms with Crippen molar-refractivity contribution in [2.75, 3.05) is 25.0 Å². The Morgan fingerprint density at radius 1 is 1.05 bits per heavy atom. The fourth-order valence-electron chi connectivity index (χ4n) is 5.68. The highest BCUT2D eigenvalue weighted by atomic mass is 32.2. The Kier molecular flexibility index (Phi) is 7.87. The third kappa shape index (κ3) is 6.15. The molecule has 0 spiro atoms. The van der Waals surface area contributed by atoms with E-state index in [1.807, 2.05) is 18.2 Å². The first-order chi connectivity index (χ1) is 19.0. The zero-order valence-corrected chi connectivity index (χ0v) is 22.9.